The minimum absolute atomic E-state index is 0.140. The summed E-state index contributed by atoms with van der Waals surface area (Å²) in [5.74, 6) is -0.169. The second-order valence-electron chi connectivity index (χ2n) is 5.63. The standard InChI is InChI=1S/C16H19N5O3S/c1-11-9-13(12(2)19(11)6-7-24-3)14(22)10-20-16(23)21(18-17-20)15-5-4-8-25-15/h4-5,8-9H,6-7,10H2,1-3H3. The van der Waals surface area contributed by atoms with Crippen molar-refractivity contribution in [2.24, 2.45) is 0 Å². The number of ketones is 1. The third kappa shape index (κ3) is 3.33. The first-order chi connectivity index (χ1) is 12.0. The molecule has 0 spiro atoms. The lowest BCUT2D eigenvalue weighted by Crippen LogP contribution is -2.27. The van der Waals surface area contributed by atoms with E-state index in [1.54, 1.807) is 13.2 Å². The molecule has 9 heteroatoms. The molecule has 25 heavy (non-hydrogen) atoms. The van der Waals surface area contributed by atoms with Gasteiger partial charge < -0.3 is 9.30 Å². The molecule has 0 saturated heterocycles. The molecule has 0 aliphatic carbocycles. The van der Waals surface area contributed by atoms with Crippen molar-refractivity contribution in [2.75, 3.05) is 13.7 Å². The maximum Gasteiger partial charge on any atom is 0.369 e. The fourth-order valence-corrected chi connectivity index (χ4v) is 3.40. The van der Waals surface area contributed by atoms with Crippen LogP contribution in [0.25, 0.3) is 5.00 Å². The molecule has 3 aromatic rings. The summed E-state index contributed by atoms with van der Waals surface area (Å²) in [6.07, 6.45) is 0. The summed E-state index contributed by atoms with van der Waals surface area (Å²) in [4.78, 5) is 25.0. The molecule has 0 N–H and O–H groups in total. The van der Waals surface area contributed by atoms with Gasteiger partial charge in [0.1, 0.15) is 11.5 Å². The maximum atomic E-state index is 12.6. The zero-order valence-corrected chi connectivity index (χ0v) is 15.1. The normalized spacial score (nSPS) is 11.2. The highest BCUT2D eigenvalue weighted by molar-refractivity contribution is 7.12. The highest BCUT2D eigenvalue weighted by Gasteiger charge is 2.18. The monoisotopic (exact) mass is 361 g/mol. The van der Waals surface area contributed by atoms with Crippen molar-refractivity contribution in [3.05, 3.63) is 51.0 Å². The largest absolute Gasteiger partial charge is 0.383 e. The zero-order chi connectivity index (χ0) is 18.0. The molecule has 0 saturated carbocycles. The van der Waals surface area contributed by atoms with Gasteiger partial charge in [0.15, 0.2) is 5.78 Å². The highest BCUT2D eigenvalue weighted by atomic mass is 32.1. The van der Waals surface area contributed by atoms with Crippen molar-refractivity contribution in [1.29, 1.82) is 0 Å². The number of hydrogen-bond acceptors (Lipinski definition) is 6. The highest BCUT2D eigenvalue weighted by Crippen LogP contribution is 2.16. The number of aromatic nitrogens is 5. The molecule has 3 heterocycles. The van der Waals surface area contributed by atoms with E-state index in [0.29, 0.717) is 23.7 Å². The van der Waals surface area contributed by atoms with E-state index in [0.717, 1.165) is 16.1 Å². The number of rotatable bonds is 7. The van der Waals surface area contributed by atoms with Gasteiger partial charge in [-0.25, -0.2) is 4.79 Å². The van der Waals surface area contributed by atoms with Crippen LogP contribution in [-0.4, -0.2) is 43.9 Å². The first-order valence-corrected chi connectivity index (χ1v) is 8.66. The van der Waals surface area contributed by atoms with Crippen LogP contribution in [0.5, 0.6) is 0 Å². The van der Waals surface area contributed by atoms with Gasteiger partial charge in [-0.2, -0.15) is 9.36 Å². The number of ether oxygens (including phenoxy) is 1. The average molecular weight is 361 g/mol. The number of carbonyl (C=O) groups excluding carboxylic acids is 1. The van der Waals surface area contributed by atoms with Crippen LogP contribution in [0, 0.1) is 13.8 Å². The van der Waals surface area contributed by atoms with Gasteiger partial charge in [0.25, 0.3) is 0 Å². The summed E-state index contributed by atoms with van der Waals surface area (Å²) in [5, 5.41) is 10.2. The molecule has 0 aliphatic rings. The number of thiophene rings is 1. The topological polar surface area (TPSA) is 83.9 Å². The third-order valence-corrected chi connectivity index (χ3v) is 4.88. The summed E-state index contributed by atoms with van der Waals surface area (Å²) in [5.41, 5.74) is 2.00. The minimum atomic E-state index is -0.427. The van der Waals surface area contributed by atoms with Crippen LogP contribution < -0.4 is 5.69 Å². The molecule has 0 aliphatic heterocycles. The van der Waals surface area contributed by atoms with E-state index in [1.165, 1.54) is 16.0 Å². The van der Waals surface area contributed by atoms with E-state index in [2.05, 4.69) is 10.4 Å². The van der Waals surface area contributed by atoms with E-state index >= 15 is 0 Å². The molecule has 0 fully saturated rings. The van der Waals surface area contributed by atoms with E-state index < -0.39 is 5.69 Å². The molecule has 0 bridgehead atoms. The zero-order valence-electron chi connectivity index (χ0n) is 14.3. The van der Waals surface area contributed by atoms with Crippen molar-refractivity contribution in [3.8, 4) is 5.00 Å². The first kappa shape index (κ1) is 17.3. The predicted octanol–water partition coefficient (Wildman–Crippen LogP) is 1.44. The molecule has 0 atom stereocenters. The van der Waals surface area contributed by atoms with Gasteiger partial charge in [-0.1, -0.05) is 0 Å². The van der Waals surface area contributed by atoms with Gasteiger partial charge >= 0.3 is 5.69 Å². The number of tetrazole rings is 1. The van der Waals surface area contributed by atoms with E-state index in [9.17, 15) is 9.59 Å². The lowest BCUT2D eigenvalue weighted by atomic mass is 10.1. The second-order valence-corrected chi connectivity index (χ2v) is 6.56. The molecule has 0 unspecified atom stereocenters. The molecular formula is C16H19N5O3S. The van der Waals surface area contributed by atoms with E-state index in [1.807, 2.05) is 35.9 Å². The van der Waals surface area contributed by atoms with Crippen LogP contribution in [-0.2, 0) is 17.8 Å². The Labute approximate surface area is 148 Å². The van der Waals surface area contributed by atoms with Crippen LogP contribution in [0.2, 0.25) is 0 Å². The predicted molar refractivity (Wildman–Crippen MR) is 93.6 cm³/mol. The Bertz CT molecular complexity index is 936. The molecule has 3 rings (SSSR count). The number of nitrogens with zero attached hydrogens (tertiary/aromatic N) is 5. The number of methoxy groups -OCH3 is 1. The van der Waals surface area contributed by atoms with Gasteiger partial charge in [-0.15, -0.1) is 11.3 Å². The van der Waals surface area contributed by atoms with Crippen molar-refractivity contribution >= 4 is 17.1 Å². The van der Waals surface area contributed by atoms with Gasteiger partial charge in [-0.05, 0) is 47.9 Å². The SMILES string of the molecule is COCCn1c(C)cc(C(=O)Cn2nnn(-c3cccs3)c2=O)c1C. The minimum Gasteiger partial charge on any atom is -0.383 e. The van der Waals surface area contributed by atoms with Crippen LogP contribution in [0.15, 0.2) is 28.4 Å². The van der Waals surface area contributed by atoms with Crippen LogP contribution in [0.1, 0.15) is 21.7 Å². The van der Waals surface area contributed by atoms with Crippen molar-refractivity contribution in [3.63, 3.8) is 0 Å². The Kier molecular flexibility index (Phi) is 4.95. The molecule has 0 amide bonds. The number of hydrogen-bond donors (Lipinski definition) is 0. The quantitative estimate of drug-likeness (QED) is 0.595. The van der Waals surface area contributed by atoms with E-state index in [4.69, 9.17) is 4.74 Å². The molecular weight excluding hydrogens is 342 g/mol. The Morgan fingerprint density at radius 3 is 2.80 bits per heavy atom. The van der Waals surface area contributed by atoms with Crippen molar-refractivity contribution in [1.82, 2.24) is 24.4 Å². The van der Waals surface area contributed by atoms with Gasteiger partial charge in [-0.3, -0.25) is 4.79 Å². The summed E-state index contributed by atoms with van der Waals surface area (Å²) in [6, 6.07) is 5.43. The smallest absolute Gasteiger partial charge is 0.369 e. The molecule has 132 valence electrons. The van der Waals surface area contributed by atoms with Crippen LogP contribution in [0.4, 0.5) is 0 Å². The summed E-state index contributed by atoms with van der Waals surface area (Å²) in [7, 11) is 1.64. The molecule has 8 nitrogen and oxygen atoms in total. The van der Waals surface area contributed by atoms with Gasteiger partial charge in [0.2, 0.25) is 0 Å². The molecule has 0 aromatic carbocycles. The number of aryl methyl sites for hydroxylation is 1. The van der Waals surface area contributed by atoms with Crippen molar-refractivity contribution < 1.29 is 9.53 Å². The van der Waals surface area contributed by atoms with Crippen LogP contribution in [0.3, 0.4) is 0 Å². The van der Waals surface area contributed by atoms with Crippen molar-refractivity contribution in [2.45, 2.75) is 26.9 Å². The van der Waals surface area contributed by atoms with Gasteiger partial charge in [0, 0.05) is 30.6 Å². The Balaban J connectivity index is 1.83. The lowest BCUT2D eigenvalue weighted by molar-refractivity contribution is 0.0964. The Hall–Kier alpha value is -2.52. The summed E-state index contributed by atoms with van der Waals surface area (Å²) >= 11 is 1.38. The van der Waals surface area contributed by atoms with E-state index in [-0.39, 0.29) is 12.3 Å². The number of carbonyl (C=O) groups is 1. The molecule has 3 aromatic heterocycles. The third-order valence-electron chi connectivity index (χ3n) is 4.04. The summed E-state index contributed by atoms with van der Waals surface area (Å²) in [6.45, 7) is 4.94. The second kappa shape index (κ2) is 7.16. The Morgan fingerprint density at radius 2 is 2.12 bits per heavy atom. The first-order valence-electron chi connectivity index (χ1n) is 7.78. The van der Waals surface area contributed by atoms with Gasteiger partial charge in [0.05, 0.1) is 6.61 Å². The maximum absolute atomic E-state index is 12.6. The molecule has 0 radical (unpaired) electrons. The Morgan fingerprint density at radius 1 is 1.32 bits per heavy atom. The van der Waals surface area contributed by atoms with Crippen LogP contribution >= 0.6 is 11.3 Å². The average Bonchev–Trinajstić information content (AvgIpc) is 3.28. The summed E-state index contributed by atoms with van der Waals surface area (Å²) < 4.78 is 9.41. The fraction of sp³-hybridized carbons (Fsp3) is 0.375. The lowest BCUT2D eigenvalue weighted by Gasteiger charge is -2.08. The fourth-order valence-electron chi connectivity index (χ4n) is 2.73. The number of Topliss-reactive ketones (excluding diaryl/α,β-unsaturated/α-hetero) is 1.